The van der Waals surface area contributed by atoms with Crippen LogP contribution in [0.1, 0.15) is 32.3 Å². The van der Waals surface area contributed by atoms with Gasteiger partial charge >= 0.3 is 6.03 Å². The highest BCUT2D eigenvalue weighted by molar-refractivity contribution is 6.15. The third-order valence-corrected chi connectivity index (χ3v) is 4.78. The minimum atomic E-state index is -0.603. The van der Waals surface area contributed by atoms with Crippen LogP contribution in [0.2, 0.25) is 0 Å². The summed E-state index contributed by atoms with van der Waals surface area (Å²) in [6.45, 7) is 5.39. The number of rotatable bonds is 5. The Kier molecular flexibility index (Phi) is 4.30. The van der Waals surface area contributed by atoms with Gasteiger partial charge in [-0.1, -0.05) is 17.7 Å². The van der Waals surface area contributed by atoms with Crippen molar-refractivity contribution in [1.82, 2.24) is 10.2 Å². The zero-order valence-corrected chi connectivity index (χ0v) is 14.3. The van der Waals surface area contributed by atoms with Gasteiger partial charge in [0.2, 0.25) is 5.91 Å². The van der Waals surface area contributed by atoms with Crippen molar-refractivity contribution in [3.8, 4) is 0 Å². The molecule has 0 aromatic heterocycles. The minimum Gasteiger partial charge on any atom is -0.352 e. The molecular formula is C18H23N3O3. The maximum Gasteiger partial charge on any atom is 0.332 e. The number of nitrogens with one attached hydrogen (secondary N) is 1. The van der Waals surface area contributed by atoms with Gasteiger partial charge in [0.05, 0.1) is 0 Å². The second-order valence-electron chi connectivity index (χ2n) is 6.78. The van der Waals surface area contributed by atoms with E-state index in [4.69, 9.17) is 0 Å². The Morgan fingerprint density at radius 2 is 1.88 bits per heavy atom. The molecule has 0 radical (unpaired) electrons. The molecule has 1 N–H and O–H groups in total. The Morgan fingerprint density at radius 1 is 1.25 bits per heavy atom. The first-order valence-corrected chi connectivity index (χ1v) is 8.39. The van der Waals surface area contributed by atoms with Crippen LogP contribution in [0.5, 0.6) is 0 Å². The molecule has 128 valence electrons. The Hall–Kier alpha value is -2.37. The van der Waals surface area contributed by atoms with Crippen LogP contribution in [0.25, 0.3) is 0 Å². The van der Waals surface area contributed by atoms with E-state index in [9.17, 15) is 14.4 Å². The number of anilines is 1. The summed E-state index contributed by atoms with van der Waals surface area (Å²) < 4.78 is 0. The van der Waals surface area contributed by atoms with Crippen molar-refractivity contribution < 1.29 is 14.4 Å². The molecular weight excluding hydrogens is 306 g/mol. The molecule has 0 spiro atoms. The van der Waals surface area contributed by atoms with E-state index in [0.29, 0.717) is 11.6 Å². The third kappa shape index (κ3) is 3.13. The summed E-state index contributed by atoms with van der Waals surface area (Å²) in [5, 5.41) is 2.88. The Bertz CT molecular complexity index is 667. The maximum absolute atomic E-state index is 12.6. The molecule has 1 saturated heterocycles. The molecule has 1 aliphatic heterocycles. The first-order chi connectivity index (χ1) is 11.4. The van der Waals surface area contributed by atoms with E-state index in [-0.39, 0.29) is 24.4 Å². The number of benzene rings is 1. The molecule has 4 amide bonds. The van der Waals surface area contributed by atoms with E-state index in [1.165, 1.54) is 4.90 Å². The summed E-state index contributed by atoms with van der Waals surface area (Å²) >= 11 is 0. The van der Waals surface area contributed by atoms with Gasteiger partial charge in [-0.3, -0.25) is 19.4 Å². The Balaban J connectivity index is 1.70. The molecule has 2 fully saturated rings. The van der Waals surface area contributed by atoms with Crippen LogP contribution in [0.15, 0.2) is 24.3 Å². The van der Waals surface area contributed by atoms with E-state index in [1.807, 2.05) is 38.1 Å². The lowest BCUT2D eigenvalue weighted by atomic mass is 10.2. The second-order valence-corrected chi connectivity index (χ2v) is 6.78. The first-order valence-electron chi connectivity index (χ1n) is 8.39. The quantitative estimate of drug-likeness (QED) is 0.841. The SMILES string of the molecule is Cc1ccc(N2C(=O)N(CC(=O)N[C@@H](C)C3CC3)C(=O)[C@@H]2C)cc1. The topological polar surface area (TPSA) is 69.7 Å². The highest BCUT2D eigenvalue weighted by Crippen LogP contribution is 2.32. The number of urea groups is 1. The van der Waals surface area contributed by atoms with Crippen molar-refractivity contribution in [3.05, 3.63) is 29.8 Å². The van der Waals surface area contributed by atoms with Gasteiger partial charge in [-0.05, 0) is 51.7 Å². The molecule has 2 atom stereocenters. The molecule has 6 nitrogen and oxygen atoms in total. The van der Waals surface area contributed by atoms with Crippen LogP contribution in [-0.2, 0) is 9.59 Å². The third-order valence-electron chi connectivity index (χ3n) is 4.78. The first kappa shape index (κ1) is 16.5. The van der Waals surface area contributed by atoms with Gasteiger partial charge in [0.25, 0.3) is 5.91 Å². The van der Waals surface area contributed by atoms with E-state index >= 15 is 0 Å². The lowest BCUT2D eigenvalue weighted by Crippen LogP contribution is -2.44. The van der Waals surface area contributed by atoms with Crippen LogP contribution >= 0.6 is 0 Å². The van der Waals surface area contributed by atoms with E-state index < -0.39 is 12.1 Å². The molecule has 1 aromatic carbocycles. The van der Waals surface area contributed by atoms with Crippen LogP contribution in [0, 0.1) is 12.8 Å². The van der Waals surface area contributed by atoms with Gasteiger partial charge in [-0.25, -0.2) is 4.79 Å². The van der Waals surface area contributed by atoms with Gasteiger partial charge in [-0.2, -0.15) is 0 Å². The summed E-state index contributed by atoms with van der Waals surface area (Å²) in [7, 11) is 0. The number of amides is 4. The molecule has 1 saturated carbocycles. The summed E-state index contributed by atoms with van der Waals surface area (Å²) in [6, 6.07) is 6.47. The standard InChI is InChI=1S/C18H23N3O3/c1-11-4-8-15(9-5-11)21-13(3)17(23)20(18(21)24)10-16(22)19-12(2)14-6-7-14/h4-5,8-9,12-14H,6-7,10H2,1-3H3,(H,19,22)/t12-,13-/m0/s1. The molecule has 2 aliphatic rings. The van der Waals surface area contributed by atoms with Crippen molar-refractivity contribution in [2.24, 2.45) is 5.92 Å². The lowest BCUT2D eigenvalue weighted by molar-refractivity contribution is -0.132. The molecule has 1 aromatic rings. The number of carbonyl (C=O) groups excluding carboxylic acids is 3. The fraction of sp³-hybridized carbons (Fsp3) is 0.500. The van der Waals surface area contributed by atoms with Crippen LogP contribution in [-0.4, -0.2) is 41.4 Å². The number of imide groups is 1. The number of hydrogen-bond donors (Lipinski definition) is 1. The van der Waals surface area contributed by atoms with E-state index in [2.05, 4.69) is 5.32 Å². The van der Waals surface area contributed by atoms with Crippen molar-refractivity contribution in [2.45, 2.75) is 45.7 Å². The number of carbonyl (C=O) groups is 3. The van der Waals surface area contributed by atoms with Crippen LogP contribution in [0.4, 0.5) is 10.5 Å². The van der Waals surface area contributed by atoms with Crippen molar-refractivity contribution in [1.29, 1.82) is 0 Å². The molecule has 24 heavy (non-hydrogen) atoms. The molecule has 0 unspecified atom stereocenters. The van der Waals surface area contributed by atoms with Crippen molar-refractivity contribution in [2.75, 3.05) is 11.4 Å². The summed E-state index contributed by atoms with van der Waals surface area (Å²) in [6.07, 6.45) is 2.25. The molecule has 3 rings (SSSR count). The molecule has 0 bridgehead atoms. The maximum atomic E-state index is 12.6. The highest BCUT2D eigenvalue weighted by atomic mass is 16.2. The zero-order chi connectivity index (χ0) is 17.4. The zero-order valence-electron chi connectivity index (χ0n) is 14.3. The Morgan fingerprint density at radius 3 is 2.46 bits per heavy atom. The van der Waals surface area contributed by atoms with Crippen molar-refractivity contribution in [3.63, 3.8) is 0 Å². The lowest BCUT2D eigenvalue weighted by Gasteiger charge is -2.20. The van der Waals surface area contributed by atoms with Gasteiger partial charge in [0, 0.05) is 11.7 Å². The summed E-state index contributed by atoms with van der Waals surface area (Å²) in [5.74, 6) is -0.0919. The smallest absolute Gasteiger partial charge is 0.332 e. The number of hydrogen-bond acceptors (Lipinski definition) is 3. The average Bonchev–Trinajstić information content (AvgIpc) is 3.35. The number of nitrogens with zero attached hydrogens (tertiary/aromatic N) is 2. The average molecular weight is 329 g/mol. The molecule has 6 heteroatoms. The van der Waals surface area contributed by atoms with Gasteiger partial charge in [0.1, 0.15) is 12.6 Å². The van der Waals surface area contributed by atoms with Gasteiger partial charge in [0.15, 0.2) is 0 Å². The largest absolute Gasteiger partial charge is 0.352 e. The van der Waals surface area contributed by atoms with E-state index in [0.717, 1.165) is 23.3 Å². The fourth-order valence-electron chi connectivity index (χ4n) is 3.07. The molecule has 1 heterocycles. The van der Waals surface area contributed by atoms with E-state index in [1.54, 1.807) is 6.92 Å². The highest BCUT2D eigenvalue weighted by Gasteiger charge is 2.44. The van der Waals surface area contributed by atoms with Crippen molar-refractivity contribution >= 4 is 23.5 Å². The van der Waals surface area contributed by atoms with Crippen LogP contribution in [0.3, 0.4) is 0 Å². The minimum absolute atomic E-state index is 0.0935. The predicted molar refractivity (Wildman–Crippen MR) is 90.6 cm³/mol. The van der Waals surface area contributed by atoms with Gasteiger partial charge in [-0.15, -0.1) is 0 Å². The fourth-order valence-corrected chi connectivity index (χ4v) is 3.07. The summed E-state index contributed by atoms with van der Waals surface area (Å²) in [5.41, 5.74) is 1.75. The summed E-state index contributed by atoms with van der Waals surface area (Å²) in [4.78, 5) is 39.7. The monoisotopic (exact) mass is 329 g/mol. The predicted octanol–water partition coefficient (Wildman–Crippen LogP) is 2.07. The Labute approximate surface area is 141 Å². The van der Waals surface area contributed by atoms with Gasteiger partial charge < -0.3 is 5.32 Å². The normalized spacial score (nSPS) is 22.0. The number of aryl methyl sites for hydroxylation is 1. The molecule has 1 aliphatic carbocycles. The second kappa shape index (κ2) is 6.26. The van der Waals surface area contributed by atoms with Crippen LogP contribution < -0.4 is 10.2 Å².